The van der Waals surface area contributed by atoms with Crippen molar-refractivity contribution in [3.63, 3.8) is 0 Å². The molecule has 2 N–H and O–H groups in total. The average Bonchev–Trinajstić information content (AvgIpc) is 2.73. The number of aryl methyl sites for hydroxylation is 1. The Morgan fingerprint density at radius 2 is 2.21 bits per heavy atom. The van der Waals surface area contributed by atoms with E-state index >= 15 is 0 Å². The molecule has 0 saturated carbocycles. The fourth-order valence-electron chi connectivity index (χ4n) is 1.67. The van der Waals surface area contributed by atoms with Gasteiger partial charge in [-0.1, -0.05) is 29.3 Å². The molecule has 0 radical (unpaired) electrons. The van der Waals surface area contributed by atoms with Gasteiger partial charge in [-0.2, -0.15) is 5.10 Å². The van der Waals surface area contributed by atoms with Gasteiger partial charge in [-0.3, -0.25) is 4.68 Å². The number of anilines is 1. The van der Waals surface area contributed by atoms with Crippen LogP contribution in [0.15, 0.2) is 24.4 Å². The highest BCUT2D eigenvalue weighted by Gasteiger charge is 2.15. The molecule has 0 bridgehead atoms. The summed E-state index contributed by atoms with van der Waals surface area (Å²) in [7, 11) is 1.68. The number of hydrogen-bond acceptors (Lipinski definition) is 3. The van der Waals surface area contributed by atoms with Gasteiger partial charge in [-0.25, -0.2) is 4.79 Å². The largest absolute Gasteiger partial charge is 0.478 e. The molecule has 0 amide bonds. The van der Waals surface area contributed by atoms with Gasteiger partial charge in [-0.15, -0.1) is 0 Å². The lowest BCUT2D eigenvalue weighted by molar-refractivity contribution is 0.0695. The Kier molecular flexibility index (Phi) is 3.97. The molecule has 1 aromatic heterocycles. The minimum absolute atomic E-state index is 0.160. The predicted molar refractivity (Wildman–Crippen MR) is 74.0 cm³/mol. The summed E-state index contributed by atoms with van der Waals surface area (Å²) in [6, 6.07) is 5.21. The number of nitrogens with one attached hydrogen (secondary N) is 1. The van der Waals surface area contributed by atoms with Crippen LogP contribution < -0.4 is 5.32 Å². The van der Waals surface area contributed by atoms with Gasteiger partial charge >= 0.3 is 5.97 Å². The fourth-order valence-corrected chi connectivity index (χ4v) is 2.04. The molecule has 5 nitrogen and oxygen atoms in total. The van der Waals surface area contributed by atoms with Crippen molar-refractivity contribution in [1.82, 2.24) is 9.78 Å². The SMILES string of the molecule is Cn1ncc(C(=O)O)c1CNc1cccc(Cl)c1Cl. The zero-order chi connectivity index (χ0) is 14.0. The summed E-state index contributed by atoms with van der Waals surface area (Å²) in [5.41, 5.74) is 1.36. The van der Waals surface area contributed by atoms with Crippen molar-refractivity contribution >= 4 is 34.9 Å². The molecule has 0 atom stereocenters. The summed E-state index contributed by atoms with van der Waals surface area (Å²) < 4.78 is 1.51. The number of carboxylic acids is 1. The third-order valence-corrected chi connectivity index (χ3v) is 3.51. The van der Waals surface area contributed by atoms with E-state index in [0.29, 0.717) is 21.4 Å². The Bertz CT molecular complexity index is 625. The van der Waals surface area contributed by atoms with Gasteiger partial charge in [-0.05, 0) is 12.1 Å². The molecule has 1 heterocycles. The molecule has 100 valence electrons. The first kappa shape index (κ1) is 13.7. The number of rotatable bonds is 4. The number of hydrogen-bond donors (Lipinski definition) is 2. The van der Waals surface area contributed by atoms with Gasteiger partial charge in [0.25, 0.3) is 0 Å². The van der Waals surface area contributed by atoms with Crippen LogP contribution in [0.2, 0.25) is 10.0 Å². The third-order valence-electron chi connectivity index (χ3n) is 2.69. The van der Waals surface area contributed by atoms with E-state index in [1.807, 2.05) is 0 Å². The number of halogens is 2. The van der Waals surface area contributed by atoms with Crippen LogP contribution in [-0.2, 0) is 13.6 Å². The van der Waals surface area contributed by atoms with Crippen molar-refractivity contribution in [2.45, 2.75) is 6.54 Å². The van der Waals surface area contributed by atoms with Crippen LogP contribution in [0.3, 0.4) is 0 Å². The average molecular weight is 300 g/mol. The smallest absolute Gasteiger partial charge is 0.339 e. The van der Waals surface area contributed by atoms with Crippen LogP contribution >= 0.6 is 23.2 Å². The first-order valence-electron chi connectivity index (χ1n) is 5.42. The number of carbonyl (C=O) groups is 1. The topological polar surface area (TPSA) is 67.2 Å². The first-order chi connectivity index (χ1) is 9.00. The van der Waals surface area contributed by atoms with Gasteiger partial charge in [0, 0.05) is 7.05 Å². The Labute approximate surface area is 119 Å². The minimum Gasteiger partial charge on any atom is -0.478 e. The Balaban J connectivity index is 2.21. The molecular weight excluding hydrogens is 289 g/mol. The van der Waals surface area contributed by atoms with Crippen LogP contribution in [0.4, 0.5) is 5.69 Å². The summed E-state index contributed by atoms with van der Waals surface area (Å²) in [6.07, 6.45) is 1.32. The molecule has 2 rings (SSSR count). The number of benzene rings is 1. The van der Waals surface area contributed by atoms with Crippen LogP contribution in [0, 0.1) is 0 Å². The van der Waals surface area contributed by atoms with Crippen molar-refractivity contribution in [3.8, 4) is 0 Å². The molecule has 0 aliphatic heterocycles. The second-order valence-electron chi connectivity index (χ2n) is 3.89. The van der Waals surface area contributed by atoms with E-state index in [-0.39, 0.29) is 12.1 Å². The van der Waals surface area contributed by atoms with Crippen LogP contribution in [0.5, 0.6) is 0 Å². The second kappa shape index (κ2) is 5.50. The highest BCUT2D eigenvalue weighted by molar-refractivity contribution is 6.43. The van der Waals surface area contributed by atoms with Crippen molar-refractivity contribution in [3.05, 3.63) is 45.7 Å². The van der Waals surface area contributed by atoms with Crippen molar-refractivity contribution in [2.24, 2.45) is 7.05 Å². The summed E-state index contributed by atoms with van der Waals surface area (Å²) in [5, 5.41) is 16.9. The van der Waals surface area contributed by atoms with E-state index in [0.717, 1.165) is 0 Å². The van der Waals surface area contributed by atoms with Gasteiger partial charge in [0.05, 0.1) is 34.2 Å². The normalized spacial score (nSPS) is 10.5. The maximum absolute atomic E-state index is 11.0. The lowest BCUT2D eigenvalue weighted by atomic mass is 10.2. The van der Waals surface area contributed by atoms with Gasteiger partial charge < -0.3 is 10.4 Å². The predicted octanol–water partition coefficient (Wildman–Crippen LogP) is 3.04. The molecule has 0 spiro atoms. The molecule has 2 aromatic rings. The lowest BCUT2D eigenvalue weighted by Crippen LogP contribution is -2.10. The summed E-state index contributed by atoms with van der Waals surface area (Å²) >= 11 is 11.9. The van der Waals surface area contributed by atoms with E-state index < -0.39 is 5.97 Å². The first-order valence-corrected chi connectivity index (χ1v) is 6.18. The van der Waals surface area contributed by atoms with Crippen LogP contribution in [-0.4, -0.2) is 20.9 Å². The highest BCUT2D eigenvalue weighted by atomic mass is 35.5. The van der Waals surface area contributed by atoms with Gasteiger partial charge in [0.2, 0.25) is 0 Å². The van der Waals surface area contributed by atoms with E-state index in [4.69, 9.17) is 28.3 Å². The van der Waals surface area contributed by atoms with Gasteiger partial charge in [0.15, 0.2) is 0 Å². The number of aromatic carboxylic acids is 1. The Morgan fingerprint density at radius 1 is 1.47 bits per heavy atom. The lowest BCUT2D eigenvalue weighted by Gasteiger charge is -2.10. The Hall–Kier alpha value is -1.72. The second-order valence-corrected chi connectivity index (χ2v) is 4.67. The van der Waals surface area contributed by atoms with Crippen molar-refractivity contribution in [2.75, 3.05) is 5.32 Å². The zero-order valence-corrected chi connectivity index (χ0v) is 11.5. The molecule has 0 fully saturated rings. The summed E-state index contributed by atoms with van der Waals surface area (Å²) in [6.45, 7) is 0.290. The van der Waals surface area contributed by atoms with E-state index in [1.54, 1.807) is 25.2 Å². The molecule has 19 heavy (non-hydrogen) atoms. The number of aromatic nitrogens is 2. The summed E-state index contributed by atoms with van der Waals surface area (Å²) in [4.78, 5) is 11.0. The fraction of sp³-hybridized carbons (Fsp3) is 0.167. The number of nitrogens with zero attached hydrogens (tertiary/aromatic N) is 2. The highest BCUT2D eigenvalue weighted by Crippen LogP contribution is 2.29. The molecule has 0 aliphatic rings. The monoisotopic (exact) mass is 299 g/mol. The van der Waals surface area contributed by atoms with Crippen LogP contribution in [0.25, 0.3) is 0 Å². The standard InChI is InChI=1S/C12H11Cl2N3O2/c1-17-10(7(5-16-17)12(18)19)6-15-9-4-2-3-8(13)11(9)14/h2-5,15H,6H2,1H3,(H,18,19). The maximum atomic E-state index is 11.0. The quantitative estimate of drug-likeness (QED) is 0.910. The molecule has 0 saturated heterocycles. The van der Waals surface area contributed by atoms with Crippen molar-refractivity contribution in [1.29, 1.82) is 0 Å². The number of carboxylic acid groups (broad SMARTS) is 1. The zero-order valence-electron chi connectivity index (χ0n) is 10.0. The minimum atomic E-state index is -1.01. The van der Waals surface area contributed by atoms with Crippen molar-refractivity contribution < 1.29 is 9.90 Å². The summed E-state index contributed by atoms with van der Waals surface area (Å²) in [5.74, 6) is -1.01. The van der Waals surface area contributed by atoms with Gasteiger partial charge in [0.1, 0.15) is 5.56 Å². The molecular formula is C12H11Cl2N3O2. The third kappa shape index (κ3) is 2.83. The van der Waals surface area contributed by atoms with E-state index in [2.05, 4.69) is 10.4 Å². The van der Waals surface area contributed by atoms with E-state index in [9.17, 15) is 4.79 Å². The van der Waals surface area contributed by atoms with E-state index in [1.165, 1.54) is 10.9 Å². The maximum Gasteiger partial charge on any atom is 0.339 e. The Morgan fingerprint density at radius 3 is 2.89 bits per heavy atom. The molecule has 7 heteroatoms. The molecule has 0 unspecified atom stereocenters. The molecule has 1 aromatic carbocycles. The van der Waals surface area contributed by atoms with Crippen LogP contribution in [0.1, 0.15) is 16.1 Å². The molecule has 0 aliphatic carbocycles.